The molecule has 2 aliphatic carbocycles. The number of ether oxygens (including phenoxy) is 1. The molecule has 5 atom stereocenters. The number of carboxylic acids is 1. The highest BCUT2D eigenvalue weighted by Crippen LogP contribution is 2.52. The van der Waals surface area contributed by atoms with Crippen molar-refractivity contribution in [1.29, 1.82) is 0 Å². The lowest BCUT2D eigenvalue weighted by atomic mass is 9.83. The van der Waals surface area contributed by atoms with Crippen molar-refractivity contribution in [2.24, 2.45) is 29.6 Å². The van der Waals surface area contributed by atoms with Crippen LogP contribution < -0.4 is 0 Å². The van der Waals surface area contributed by atoms with Gasteiger partial charge in [-0.25, -0.2) is 0 Å². The van der Waals surface area contributed by atoms with E-state index in [1.807, 2.05) is 19.1 Å². The standard InChI is InChI=1S/C13H18O4/c1-6(2)17-13(16)11-9-5-4-8(7(9)3)10(11)12(14)15/h4-11H,1-3H3,(H,14,15). The second-order valence-corrected chi connectivity index (χ2v) is 5.27. The molecule has 0 aromatic rings. The number of carboxylic acid groups (broad SMARTS) is 1. The molecular weight excluding hydrogens is 220 g/mol. The van der Waals surface area contributed by atoms with E-state index in [1.54, 1.807) is 13.8 Å². The van der Waals surface area contributed by atoms with Gasteiger partial charge < -0.3 is 9.84 Å². The first-order chi connectivity index (χ1) is 7.93. The molecule has 1 saturated carbocycles. The number of esters is 1. The van der Waals surface area contributed by atoms with E-state index in [2.05, 4.69) is 0 Å². The van der Waals surface area contributed by atoms with Crippen molar-refractivity contribution < 1.29 is 19.4 Å². The summed E-state index contributed by atoms with van der Waals surface area (Å²) in [4.78, 5) is 23.3. The quantitative estimate of drug-likeness (QED) is 0.600. The van der Waals surface area contributed by atoms with Gasteiger partial charge in [-0.05, 0) is 31.6 Å². The number of allylic oxidation sites excluding steroid dienone is 2. The predicted octanol–water partition coefficient (Wildman–Crippen LogP) is 1.71. The summed E-state index contributed by atoms with van der Waals surface area (Å²) in [5.41, 5.74) is 0. The smallest absolute Gasteiger partial charge is 0.310 e. The minimum Gasteiger partial charge on any atom is -0.481 e. The third-order valence-electron chi connectivity index (χ3n) is 3.90. The van der Waals surface area contributed by atoms with Crippen LogP contribution in [-0.2, 0) is 14.3 Å². The third kappa shape index (κ3) is 1.85. The van der Waals surface area contributed by atoms with Gasteiger partial charge in [0.05, 0.1) is 17.9 Å². The Morgan fingerprint density at radius 3 is 2.18 bits per heavy atom. The maximum absolute atomic E-state index is 12.0. The van der Waals surface area contributed by atoms with Crippen LogP contribution in [0.3, 0.4) is 0 Å². The van der Waals surface area contributed by atoms with Gasteiger partial charge in [0, 0.05) is 0 Å². The Morgan fingerprint density at radius 2 is 1.71 bits per heavy atom. The summed E-state index contributed by atoms with van der Waals surface area (Å²) in [6.07, 6.45) is 3.71. The predicted molar refractivity (Wildman–Crippen MR) is 61.1 cm³/mol. The molecule has 0 radical (unpaired) electrons. The largest absolute Gasteiger partial charge is 0.481 e. The van der Waals surface area contributed by atoms with Gasteiger partial charge in [-0.3, -0.25) is 9.59 Å². The summed E-state index contributed by atoms with van der Waals surface area (Å²) in [6, 6.07) is 0. The Bertz CT molecular complexity index is 372. The fourth-order valence-electron chi connectivity index (χ4n) is 3.17. The molecule has 0 heterocycles. The maximum atomic E-state index is 12.0. The van der Waals surface area contributed by atoms with Gasteiger partial charge >= 0.3 is 11.9 Å². The number of hydrogen-bond donors (Lipinski definition) is 1. The van der Waals surface area contributed by atoms with Gasteiger partial charge in [-0.15, -0.1) is 0 Å². The second kappa shape index (κ2) is 4.17. The molecule has 0 aliphatic heterocycles. The topological polar surface area (TPSA) is 63.6 Å². The molecule has 4 heteroatoms. The molecular formula is C13H18O4. The SMILES string of the molecule is CC(C)OC(=O)C1C2C=CC(C2C)C1C(=O)O. The third-order valence-corrected chi connectivity index (χ3v) is 3.90. The van der Waals surface area contributed by atoms with E-state index in [-0.39, 0.29) is 29.8 Å². The van der Waals surface area contributed by atoms with E-state index in [0.29, 0.717) is 0 Å². The van der Waals surface area contributed by atoms with E-state index in [4.69, 9.17) is 4.74 Å². The maximum Gasteiger partial charge on any atom is 0.310 e. The Labute approximate surface area is 101 Å². The van der Waals surface area contributed by atoms with Gasteiger partial charge in [0.25, 0.3) is 0 Å². The summed E-state index contributed by atoms with van der Waals surface area (Å²) < 4.78 is 5.18. The van der Waals surface area contributed by atoms with Crippen molar-refractivity contribution in [3.63, 3.8) is 0 Å². The first kappa shape index (κ1) is 12.1. The zero-order valence-corrected chi connectivity index (χ0v) is 10.3. The van der Waals surface area contributed by atoms with Crippen molar-refractivity contribution in [2.75, 3.05) is 0 Å². The van der Waals surface area contributed by atoms with Crippen LogP contribution in [0.25, 0.3) is 0 Å². The van der Waals surface area contributed by atoms with E-state index in [0.717, 1.165) is 0 Å². The molecule has 0 saturated heterocycles. The van der Waals surface area contributed by atoms with E-state index in [9.17, 15) is 14.7 Å². The molecule has 0 spiro atoms. The van der Waals surface area contributed by atoms with Crippen LogP contribution in [0.5, 0.6) is 0 Å². The van der Waals surface area contributed by atoms with Crippen molar-refractivity contribution in [3.8, 4) is 0 Å². The lowest BCUT2D eigenvalue weighted by Crippen LogP contribution is -2.35. The summed E-state index contributed by atoms with van der Waals surface area (Å²) >= 11 is 0. The molecule has 1 fully saturated rings. The summed E-state index contributed by atoms with van der Waals surface area (Å²) in [6.45, 7) is 5.56. The molecule has 0 amide bonds. The van der Waals surface area contributed by atoms with Gasteiger partial charge in [0.2, 0.25) is 0 Å². The second-order valence-electron chi connectivity index (χ2n) is 5.27. The van der Waals surface area contributed by atoms with Crippen LogP contribution in [0, 0.1) is 29.6 Å². The van der Waals surface area contributed by atoms with E-state index in [1.165, 1.54) is 0 Å². The molecule has 94 valence electrons. The lowest BCUT2D eigenvalue weighted by Gasteiger charge is -2.23. The Hall–Kier alpha value is -1.32. The minimum atomic E-state index is -0.889. The monoisotopic (exact) mass is 238 g/mol. The van der Waals surface area contributed by atoms with Crippen molar-refractivity contribution in [2.45, 2.75) is 26.9 Å². The van der Waals surface area contributed by atoms with E-state index >= 15 is 0 Å². The Balaban J connectivity index is 2.23. The van der Waals surface area contributed by atoms with Crippen molar-refractivity contribution >= 4 is 11.9 Å². The van der Waals surface area contributed by atoms with Gasteiger partial charge in [-0.2, -0.15) is 0 Å². The highest BCUT2D eigenvalue weighted by Gasteiger charge is 2.56. The average molecular weight is 238 g/mol. The minimum absolute atomic E-state index is 0.0207. The lowest BCUT2D eigenvalue weighted by molar-refractivity contribution is -0.161. The first-order valence-corrected chi connectivity index (χ1v) is 6.05. The number of carbonyl (C=O) groups excluding carboxylic acids is 1. The molecule has 2 rings (SSSR count). The normalized spacial score (nSPS) is 38.7. The van der Waals surface area contributed by atoms with Crippen LogP contribution >= 0.6 is 0 Å². The Morgan fingerprint density at radius 1 is 1.18 bits per heavy atom. The van der Waals surface area contributed by atoms with Crippen molar-refractivity contribution in [1.82, 2.24) is 0 Å². The summed E-state index contributed by atoms with van der Waals surface area (Å²) in [5.74, 6) is -2.17. The molecule has 2 bridgehead atoms. The van der Waals surface area contributed by atoms with Crippen molar-refractivity contribution in [3.05, 3.63) is 12.2 Å². The molecule has 17 heavy (non-hydrogen) atoms. The summed E-state index contributed by atoms with van der Waals surface area (Å²) in [5, 5.41) is 9.26. The molecule has 1 N–H and O–H groups in total. The van der Waals surface area contributed by atoms with Crippen LogP contribution in [0.2, 0.25) is 0 Å². The molecule has 5 unspecified atom stereocenters. The summed E-state index contributed by atoms with van der Waals surface area (Å²) in [7, 11) is 0. The number of carbonyl (C=O) groups is 2. The number of fused-ring (bicyclic) bond motifs is 2. The molecule has 4 nitrogen and oxygen atoms in total. The van der Waals surface area contributed by atoms with Crippen LogP contribution in [-0.4, -0.2) is 23.1 Å². The fraction of sp³-hybridized carbons (Fsp3) is 0.692. The van der Waals surface area contributed by atoms with Gasteiger partial charge in [0.15, 0.2) is 0 Å². The highest BCUT2D eigenvalue weighted by molar-refractivity contribution is 5.83. The molecule has 0 aromatic carbocycles. The van der Waals surface area contributed by atoms with Crippen LogP contribution in [0.15, 0.2) is 12.2 Å². The number of aliphatic carboxylic acids is 1. The number of rotatable bonds is 3. The number of hydrogen-bond acceptors (Lipinski definition) is 3. The van der Waals surface area contributed by atoms with E-state index < -0.39 is 17.8 Å². The van der Waals surface area contributed by atoms with Crippen LogP contribution in [0.4, 0.5) is 0 Å². The average Bonchev–Trinajstić information content (AvgIpc) is 2.70. The zero-order valence-electron chi connectivity index (χ0n) is 10.3. The van der Waals surface area contributed by atoms with Crippen LogP contribution in [0.1, 0.15) is 20.8 Å². The van der Waals surface area contributed by atoms with Gasteiger partial charge in [-0.1, -0.05) is 19.1 Å². The Kier molecular flexibility index (Phi) is 2.98. The molecule has 0 aromatic heterocycles. The zero-order chi connectivity index (χ0) is 12.7. The first-order valence-electron chi connectivity index (χ1n) is 6.05. The van der Waals surface area contributed by atoms with Gasteiger partial charge in [0.1, 0.15) is 0 Å². The molecule has 2 aliphatic rings. The fourth-order valence-corrected chi connectivity index (χ4v) is 3.17. The highest BCUT2D eigenvalue weighted by atomic mass is 16.5.